The molecule has 144 valence electrons. The average molecular weight is 384 g/mol. The summed E-state index contributed by atoms with van der Waals surface area (Å²) in [5.41, 5.74) is 3.79. The quantitative estimate of drug-likeness (QED) is 0.521. The van der Waals surface area contributed by atoms with Gasteiger partial charge in [-0.25, -0.2) is 9.48 Å². The maximum atomic E-state index is 12.9. The number of amides is 1. The van der Waals surface area contributed by atoms with Crippen molar-refractivity contribution < 1.29 is 9.53 Å². The predicted molar refractivity (Wildman–Crippen MR) is 109 cm³/mol. The van der Waals surface area contributed by atoms with Gasteiger partial charge >= 0.3 is 6.09 Å². The van der Waals surface area contributed by atoms with E-state index < -0.39 is 6.17 Å². The molecular weight excluding hydrogens is 364 g/mol. The van der Waals surface area contributed by atoms with Crippen LogP contribution in [0.4, 0.5) is 4.79 Å². The van der Waals surface area contributed by atoms with Crippen LogP contribution in [0.5, 0.6) is 0 Å². The largest absolute Gasteiger partial charge is 0.447 e. The summed E-state index contributed by atoms with van der Waals surface area (Å²) in [6.07, 6.45) is -0.0607. The molecule has 2 atom stereocenters. The minimum Gasteiger partial charge on any atom is -0.447 e. The number of benzene rings is 3. The van der Waals surface area contributed by atoms with Gasteiger partial charge in [0.15, 0.2) is 6.17 Å². The van der Waals surface area contributed by atoms with Crippen LogP contribution in [0.2, 0.25) is 0 Å². The van der Waals surface area contributed by atoms with E-state index in [0.717, 1.165) is 22.2 Å². The van der Waals surface area contributed by atoms with Crippen molar-refractivity contribution in [2.24, 2.45) is 0 Å². The van der Waals surface area contributed by atoms with Crippen molar-refractivity contribution in [1.82, 2.24) is 19.9 Å². The Bertz CT molecular complexity index is 1130. The first-order valence-electron chi connectivity index (χ1n) is 9.65. The van der Waals surface area contributed by atoms with Crippen LogP contribution >= 0.6 is 0 Å². The van der Waals surface area contributed by atoms with Gasteiger partial charge in [0.1, 0.15) is 12.1 Å². The van der Waals surface area contributed by atoms with E-state index in [1.54, 1.807) is 4.90 Å². The minimum absolute atomic E-state index is 0.0990. The van der Waals surface area contributed by atoms with Gasteiger partial charge in [-0.1, -0.05) is 78.0 Å². The molecule has 5 rings (SSSR count). The molecule has 0 aliphatic carbocycles. The summed E-state index contributed by atoms with van der Waals surface area (Å²) in [4.78, 5) is 14.7. The molecule has 0 bridgehead atoms. The lowest BCUT2D eigenvalue weighted by Crippen LogP contribution is -2.42. The molecule has 1 aliphatic rings. The molecule has 6 nitrogen and oxygen atoms in total. The highest BCUT2D eigenvalue weighted by molar-refractivity contribution is 5.75. The second-order valence-corrected chi connectivity index (χ2v) is 7.13. The van der Waals surface area contributed by atoms with Crippen molar-refractivity contribution in [3.63, 3.8) is 0 Å². The first-order valence-corrected chi connectivity index (χ1v) is 9.65. The molecule has 0 spiro atoms. The normalized spacial score (nSPS) is 17.4. The van der Waals surface area contributed by atoms with Crippen LogP contribution in [-0.2, 0) is 11.2 Å². The fourth-order valence-electron chi connectivity index (χ4n) is 3.93. The Hall–Kier alpha value is -3.67. The van der Waals surface area contributed by atoms with E-state index >= 15 is 0 Å². The summed E-state index contributed by atoms with van der Waals surface area (Å²) in [5.74, 6) is 0. The van der Waals surface area contributed by atoms with Crippen molar-refractivity contribution in [2.45, 2.75) is 18.6 Å². The van der Waals surface area contributed by atoms with Gasteiger partial charge in [0, 0.05) is 0 Å². The van der Waals surface area contributed by atoms with Crippen molar-refractivity contribution in [3.8, 4) is 0 Å². The molecule has 0 saturated carbocycles. The topological polar surface area (TPSA) is 60.2 Å². The fourth-order valence-corrected chi connectivity index (χ4v) is 3.93. The highest BCUT2D eigenvalue weighted by atomic mass is 16.6. The van der Waals surface area contributed by atoms with Crippen molar-refractivity contribution in [1.29, 1.82) is 0 Å². The van der Waals surface area contributed by atoms with E-state index in [4.69, 9.17) is 4.74 Å². The van der Waals surface area contributed by atoms with Crippen LogP contribution in [0.25, 0.3) is 11.0 Å². The molecule has 29 heavy (non-hydrogen) atoms. The molecule has 0 radical (unpaired) electrons. The first kappa shape index (κ1) is 17.4. The van der Waals surface area contributed by atoms with E-state index in [9.17, 15) is 4.79 Å². The van der Waals surface area contributed by atoms with Gasteiger partial charge in [0.05, 0.1) is 11.6 Å². The number of nitrogens with zero attached hydrogens (tertiary/aromatic N) is 4. The Labute approximate surface area is 168 Å². The number of rotatable bonds is 5. The van der Waals surface area contributed by atoms with Crippen LogP contribution in [0.1, 0.15) is 17.3 Å². The predicted octanol–water partition coefficient (Wildman–Crippen LogP) is 4.04. The standard InChI is InChI=1S/C23H20N4O2/c28-23-26(19(16-29-23)15-17-9-3-1-4-10-17)22(18-11-5-2-6-12-18)27-21-14-8-7-13-20(21)24-25-27/h1-14,19,22H,15-16H2/t19-,22?/m0/s1. The molecule has 1 fully saturated rings. The van der Waals surface area contributed by atoms with E-state index in [1.165, 1.54) is 0 Å². The van der Waals surface area contributed by atoms with Crippen LogP contribution < -0.4 is 0 Å². The van der Waals surface area contributed by atoms with Gasteiger partial charge in [-0.2, -0.15) is 0 Å². The van der Waals surface area contributed by atoms with Gasteiger partial charge < -0.3 is 4.74 Å². The molecule has 2 heterocycles. The smallest absolute Gasteiger partial charge is 0.412 e. The third-order valence-electron chi connectivity index (χ3n) is 5.29. The number of carbonyl (C=O) groups is 1. The molecule has 1 saturated heterocycles. The summed E-state index contributed by atoms with van der Waals surface area (Å²) in [7, 11) is 0. The molecule has 4 aromatic rings. The lowest BCUT2D eigenvalue weighted by Gasteiger charge is -2.31. The summed E-state index contributed by atoms with van der Waals surface area (Å²) in [5, 5.41) is 8.71. The number of hydrogen-bond donors (Lipinski definition) is 0. The van der Waals surface area contributed by atoms with Crippen LogP contribution in [-0.4, -0.2) is 38.6 Å². The zero-order valence-electron chi connectivity index (χ0n) is 15.8. The van der Waals surface area contributed by atoms with Crippen molar-refractivity contribution in [2.75, 3.05) is 6.61 Å². The summed E-state index contributed by atoms with van der Waals surface area (Å²) < 4.78 is 7.30. The van der Waals surface area contributed by atoms with Gasteiger partial charge in [0.2, 0.25) is 0 Å². The van der Waals surface area contributed by atoms with Gasteiger partial charge in [-0.3, -0.25) is 4.90 Å². The Morgan fingerprint density at radius 3 is 2.41 bits per heavy atom. The molecule has 1 aliphatic heterocycles. The summed E-state index contributed by atoms with van der Waals surface area (Å²) in [6.45, 7) is 0.351. The molecular formula is C23H20N4O2. The number of carbonyl (C=O) groups excluding carboxylic acids is 1. The Kier molecular flexibility index (Phi) is 4.44. The Balaban J connectivity index is 1.61. The van der Waals surface area contributed by atoms with Gasteiger partial charge in [0.25, 0.3) is 0 Å². The summed E-state index contributed by atoms with van der Waals surface area (Å²) in [6, 6.07) is 27.7. The SMILES string of the molecule is O=C1OC[C@H](Cc2ccccc2)N1C(c1ccccc1)n1nnc2ccccc21. The van der Waals surface area contributed by atoms with Crippen LogP contribution in [0.3, 0.4) is 0 Å². The van der Waals surface area contributed by atoms with E-state index in [-0.39, 0.29) is 12.1 Å². The number of aromatic nitrogens is 3. The lowest BCUT2D eigenvalue weighted by molar-refractivity contribution is 0.133. The zero-order valence-corrected chi connectivity index (χ0v) is 15.8. The Morgan fingerprint density at radius 2 is 1.62 bits per heavy atom. The lowest BCUT2D eigenvalue weighted by atomic mass is 10.0. The molecule has 6 heteroatoms. The monoisotopic (exact) mass is 384 g/mol. The molecule has 1 amide bonds. The van der Waals surface area contributed by atoms with Gasteiger partial charge in [-0.15, -0.1) is 5.10 Å². The maximum Gasteiger partial charge on any atom is 0.412 e. The Morgan fingerprint density at radius 1 is 0.931 bits per heavy atom. The average Bonchev–Trinajstić information content (AvgIpc) is 3.35. The zero-order chi connectivity index (χ0) is 19.6. The minimum atomic E-state index is -0.438. The third kappa shape index (κ3) is 3.23. The highest BCUT2D eigenvalue weighted by Crippen LogP contribution is 2.32. The van der Waals surface area contributed by atoms with E-state index in [0.29, 0.717) is 13.0 Å². The molecule has 3 aromatic carbocycles. The third-order valence-corrected chi connectivity index (χ3v) is 5.29. The molecule has 1 unspecified atom stereocenters. The number of hydrogen-bond acceptors (Lipinski definition) is 4. The van der Waals surface area contributed by atoms with E-state index in [2.05, 4.69) is 22.4 Å². The maximum absolute atomic E-state index is 12.9. The summed E-state index contributed by atoms with van der Waals surface area (Å²) >= 11 is 0. The van der Waals surface area contributed by atoms with Crippen LogP contribution in [0.15, 0.2) is 84.9 Å². The second kappa shape index (κ2) is 7.39. The van der Waals surface area contributed by atoms with Crippen molar-refractivity contribution >= 4 is 17.1 Å². The number of para-hydroxylation sites is 1. The molecule has 1 aromatic heterocycles. The highest BCUT2D eigenvalue weighted by Gasteiger charge is 2.40. The fraction of sp³-hybridized carbons (Fsp3) is 0.174. The van der Waals surface area contributed by atoms with Crippen LogP contribution in [0, 0.1) is 0 Å². The molecule has 0 N–H and O–H groups in total. The number of cyclic esters (lactones) is 1. The van der Waals surface area contributed by atoms with Gasteiger partial charge in [-0.05, 0) is 29.7 Å². The second-order valence-electron chi connectivity index (χ2n) is 7.13. The first-order chi connectivity index (χ1) is 14.3. The number of ether oxygens (including phenoxy) is 1. The van der Waals surface area contributed by atoms with Crippen molar-refractivity contribution in [3.05, 3.63) is 96.1 Å². The number of fused-ring (bicyclic) bond motifs is 1. The van der Waals surface area contributed by atoms with E-state index in [1.807, 2.05) is 77.5 Å².